The van der Waals surface area contributed by atoms with Crippen molar-refractivity contribution in [3.8, 4) is 5.75 Å². The number of nitrogens with two attached hydrogens (primary N) is 1. The van der Waals surface area contributed by atoms with Crippen molar-refractivity contribution in [1.29, 1.82) is 0 Å². The average Bonchev–Trinajstić information content (AvgIpc) is 2.15. The van der Waals surface area contributed by atoms with E-state index in [9.17, 15) is 9.90 Å². The lowest BCUT2D eigenvalue weighted by atomic mass is 10.0. The Morgan fingerprint density at radius 3 is 2.93 bits per heavy atom. The van der Waals surface area contributed by atoms with E-state index in [-0.39, 0.29) is 12.2 Å². The van der Waals surface area contributed by atoms with E-state index >= 15 is 0 Å². The second kappa shape index (κ2) is 4.57. The minimum absolute atomic E-state index is 0.00499. The van der Waals surface area contributed by atoms with Crippen molar-refractivity contribution in [2.45, 2.75) is 18.9 Å². The summed E-state index contributed by atoms with van der Waals surface area (Å²) in [5, 5.41) is 17.8. The molecule has 1 aromatic rings. The predicted octanol–water partition coefficient (Wildman–Crippen LogP) is 0.652. The highest BCUT2D eigenvalue weighted by molar-refractivity contribution is 5.66. The van der Waals surface area contributed by atoms with Crippen LogP contribution in [-0.2, 0) is 4.79 Å². The van der Waals surface area contributed by atoms with Gasteiger partial charge in [0.2, 0.25) is 0 Å². The fourth-order valence-electron chi connectivity index (χ4n) is 1.14. The van der Waals surface area contributed by atoms with Crippen LogP contribution in [0.25, 0.3) is 0 Å². The van der Waals surface area contributed by atoms with Gasteiger partial charge in [-0.05, 0) is 12.5 Å². The summed E-state index contributed by atoms with van der Waals surface area (Å²) in [7, 11) is 0. The zero-order valence-electron chi connectivity index (χ0n) is 7.55. The molecule has 0 amide bonds. The first-order valence-corrected chi connectivity index (χ1v) is 4.21. The summed E-state index contributed by atoms with van der Waals surface area (Å²) < 4.78 is 0. The summed E-state index contributed by atoms with van der Waals surface area (Å²) in [5.41, 5.74) is 6.22. The molecule has 5 nitrogen and oxygen atoms in total. The lowest BCUT2D eigenvalue weighted by Gasteiger charge is -2.11. The Bertz CT molecular complexity index is 328. The monoisotopic (exact) mass is 196 g/mol. The summed E-state index contributed by atoms with van der Waals surface area (Å²) in [5.74, 6) is -0.889. The molecule has 0 bridgehead atoms. The number of nitrogens with zero attached hydrogens (tertiary/aromatic N) is 1. The third-order valence-electron chi connectivity index (χ3n) is 1.90. The highest BCUT2D eigenvalue weighted by Crippen LogP contribution is 2.23. The van der Waals surface area contributed by atoms with Crippen LogP contribution in [0, 0.1) is 0 Å². The van der Waals surface area contributed by atoms with Crippen LogP contribution in [0.1, 0.15) is 24.4 Å². The first-order valence-electron chi connectivity index (χ1n) is 4.21. The van der Waals surface area contributed by atoms with Crippen LogP contribution in [-0.4, -0.2) is 21.2 Å². The SMILES string of the molecule is NC(CCC(=O)O)c1ccncc1O. The highest BCUT2D eigenvalue weighted by Gasteiger charge is 2.11. The molecular weight excluding hydrogens is 184 g/mol. The fourth-order valence-corrected chi connectivity index (χ4v) is 1.14. The molecule has 0 aliphatic heterocycles. The molecule has 1 rings (SSSR count). The number of pyridine rings is 1. The van der Waals surface area contributed by atoms with Crippen LogP contribution in [0.5, 0.6) is 5.75 Å². The van der Waals surface area contributed by atoms with Crippen molar-refractivity contribution in [3.05, 3.63) is 24.0 Å². The number of aromatic hydroxyl groups is 1. The van der Waals surface area contributed by atoms with Gasteiger partial charge in [-0.25, -0.2) is 0 Å². The molecule has 0 aliphatic carbocycles. The summed E-state index contributed by atoms with van der Waals surface area (Å²) in [6.45, 7) is 0. The number of aromatic nitrogens is 1. The van der Waals surface area contributed by atoms with E-state index in [0.29, 0.717) is 12.0 Å². The summed E-state index contributed by atoms with van der Waals surface area (Å²) in [4.78, 5) is 14.0. The maximum absolute atomic E-state index is 10.3. The van der Waals surface area contributed by atoms with E-state index in [2.05, 4.69) is 4.98 Å². The lowest BCUT2D eigenvalue weighted by Crippen LogP contribution is -2.12. The third kappa shape index (κ3) is 2.70. The molecule has 1 heterocycles. The number of carboxylic acid groups (broad SMARTS) is 1. The van der Waals surface area contributed by atoms with Crippen LogP contribution in [0.15, 0.2) is 18.5 Å². The van der Waals surface area contributed by atoms with Crippen molar-refractivity contribution in [3.63, 3.8) is 0 Å². The second-order valence-electron chi connectivity index (χ2n) is 2.97. The summed E-state index contributed by atoms with van der Waals surface area (Å²) in [6, 6.07) is 1.12. The molecule has 0 aliphatic rings. The number of carboxylic acids is 1. The molecule has 1 aromatic heterocycles. The normalized spacial score (nSPS) is 12.4. The number of carbonyl (C=O) groups is 1. The van der Waals surface area contributed by atoms with Gasteiger partial charge in [-0.2, -0.15) is 0 Å². The van der Waals surface area contributed by atoms with Gasteiger partial charge in [0.1, 0.15) is 5.75 Å². The van der Waals surface area contributed by atoms with Gasteiger partial charge in [-0.1, -0.05) is 0 Å². The molecule has 76 valence electrons. The predicted molar refractivity (Wildman–Crippen MR) is 49.7 cm³/mol. The number of aliphatic carboxylic acids is 1. The van der Waals surface area contributed by atoms with Crippen molar-refractivity contribution in [2.24, 2.45) is 5.73 Å². The molecule has 0 aromatic carbocycles. The van der Waals surface area contributed by atoms with Gasteiger partial charge < -0.3 is 15.9 Å². The first kappa shape index (κ1) is 10.5. The van der Waals surface area contributed by atoms with Gasteiger partial charge in [0.25, 0.3) is 0 Å². The molecule has 0 radical (unpaired) electrons. The zero-order chi connectivity index (χ0) is 10.6. The Balaban J connectivity index is 2.65. The minimum atomic E-state index is -0.894. The van der Waals surface area contributed by atoms with Gasteiger partial charge in [0.05, 0.1) is 6.20 Å². The van der Waals surface area contributed by atoms with E-state index in [0.717, 1.165) is 0 Å². The van der Waals surface area contributed by atoms with Crippen molar-refractivity contribution >= 4 is 5.97 Å². The Hall–Kier alpha value is -1.62. The average molecular weight is 196 g/mol. The zero-order valence-corrected chi connectivity index (χ0v) is 7.55. The fraction of sp³-hybridized carbons (Fsp3) is 0.333. The largest absolute Gasteiger partial charge is 0.506 e. The Morgan fingerprint density at radius 2 is 2.36 bits per heavy atom. The number of hydrogen-bond donors (Lipinski definition) is 3. The molecule has 0 saturated heterocycles. The molecule has 0 spiro atoms. The van der Waals surface area contributed by atoms with Gasteiger partial charge >= 0.3 is 5.97 Å². The molecule has 4 N–H and O–H groups in total. The van der Waals surface area contributed by atoms with E-state index < -0.39 is 12.0 Å². The van der Waals surface area contributed by atoms with E-state index in [1.807, 2.05) is 0 Å². The minimum Gasteiger partial charge on any atom is -0.506 e. The number of rotatable bonds is 4. The van der Waals surface area contributed by atoms with Gasteiger partial charge in [-0.3, -0.25) is 9.78 Å². The highest BCUT2D eigenvalue weighted by atomic mass is 16.4. The smallest absolute Gasteiger partial charge is 0.303 e. The van der Waals surface area contributed by atoms with Crippen molar-refractivity contribution < 1.29 is 15.0 Å². The Labute approximate surface area is 81.2 Å². The van der Waals surface area contributed by atoms with E-state index in [1.165, 1.54) is 12.4 Å². The second-order valence-corrected chi connectivity index (χ2v) is 2.97. The molecule has 0 saturated carbocycles. The van der Waals surface area contributed by atoms with Crippen LogP contribution in [0.4, 0.5) is 0 Å². The summed E-state index contributed by atoms with van der Waals surface area (Å²) >= 11 is 0. The molecule has 14 heavy (non-hydrogen) atoms. The van der Waals surface area contributed by atoms with Crippen LogP contribution >= 0.6 is 0 Å². The Morgan fingerprint density at radius 1 is 1.64 bits per heavy atom. The first-order chi connectivity index (χ1) is 6.61. The quantitative estimate of drug-likeness (QED) is 0.657. The summed E-state index contributed by atoms with van der Waals surface area (Å²) in [6.07, 6.45) is 3.08. The molecule has 1 unspecified atom stereocenters. The molecule has 0 fully saturated rings. The standard InChI is InChI=1S/C9H12N2O3/c10-7(1-2-9(13)14)6-3-4-11-5-8(6)12/h3-5,7,12H,1-2,10H2,(H,13,14). The number of hydrogen-bond acceptors (Lipinski definition) is 4. The van der Waals surface area contributed by atoms with E-state index in [1.54, 1.807) is 6.07 Å². The maximum atomic E-state index is 10.3. The van der Waals surface area contributed by atoms with Crippen molar-refractivity contribution in [2.75, 3.05) is 0 Å². The van der Waals surface area contributed by atoms with Gasteiger partial charge in [0, 0.05) is 24.2 Å². The maximum Gasteiger partial charge on any atom is 0.303 e. The van der Waals surface area contributed by atoms with E-state index in [4.69, 9.17) is 10.8 Å². The van der Waals surface area contributed by atoms with Crippen molar-refractivity contribution in [1.82, 2.24) is 4.98 Å². The van der Waals surface area contributed by atoms with Crippen LogP contribution in [0.3, 0.4) is 0 Å². The Kier molecular flexibility index (Phi) is 3.41. The van der Waals surface area contributed by atoms with Gasteiger partial charge in [-0.15, -0.1) is 0 Å². The topological polar surface area (TPSA) is 96.4 Å². The van der Waals surface area contributed by atoms with Crippen LogP contribution < -0.4 is 5.73 Å². The third-order valence-corrected chi connectivity index (χ3v) is 1.90. The lowest BCUT2D eigenvalue weighted by molar-refractivity contribution is -0.137. The molecular formula is C9H12N2O3. The van der Waals surface area contributed by atoms with Crippen LogP contribution in [0.2, 0.25) is 0 Å². The van der Waals surface area contributed by atoms with Gasteiger partial charge in [0.15, 0.2) is 0 Å². The molecule has 5 heteroatoms. The molecule has 1 atom stereocenters.